The molecule has 1 aliphatic rings. The van der Waals surface area contributed by atoms with E-state index < -0.39 is 16.1 Å². The first kappa shape index (κ1) is 23.5. The lowest BCUT2D eigenvalue weighted by atomic mass is 10.2. The molecule has 9 heteroatoms. The number of hydrogen-bond acceptors (Lipinski definition) is 5. The summed E-state index contributed by atoms with van der Waals surface area (Å²) in [5.74, 6) is -0.146. The Morgan fingerprint density at radius 3 is 2.65 bits per heavy atom. The summed E-state index contributed by atoms with van der Waals surface area (Å²) in [6.45, 7) is 2.97. The summed E-state index contributed by atoms with van der Waals surface area (Å²) in [4.78, 5) is 15.2. The third kappa shape index (κ3) is 4.41. The maximum Gasteiger partial charge on any atom is 0.253 e. The number of benzene rings is 2. The molecule has 4 aromatic rings. The molecule has 1 saturated heterocycles. The molecule has 5 nitrogen and oxygen atoms in total. The minimum Gasteiger partial charge on any atom is -0.337 e. The van der Waals surface area contributed by atoms with E-state index >= 15 is 0 Å². The number of nitrogens with zero attached hydrogens (tertiary/aromatic N) is 2. The van der Waals surface area contributed by atoms with Crippen LogP contribution in [0, 0.1) is 6.92 Å². The zero-order valence-electron chi connectivity index (χ0n) is 18.5. The van der Waals surface area contributed by atoms with Crippen molar-refractivity contribution in [3.63, 3.8) is 0 Å². The van der Waals surface area contributed by atoms with Crippen LogP contribution in [0.3, 0.4) is 0 Å². The van der Waals surface area contributed by atoms with Crippen LogP contribution in [0.2, 0.25) is 5.02 Å². The van der Waals surface area contributed by atoms with Gasteiger partial charge >= 0.3 is 0 Å². The van der Waals surface area contributed by atoms with Gasteiger partial charge in [-0.15, -0.1) is 11.3 Å². The van der Waals surface area contributed by atoms with Crippen molar-refractivity contribution in [3.05, 3.63) is 87.1 Å². The summed E-state index contributed by atoms with van der Waals surface area (Å²) < 4.78 is 30.7. The van der Waals surface area contributed by atoms with Crippen LogP contribution in [-0.2, 0) is 27.9 Å². The molecule has 3 heterocycles. The Morgan fingerprint density at radius 1 is 1.12 bits per heavy atom. The van der Waals surface area contributed by atoms with Gasteiger partial charge in [-0.3, -0.25) is 4.79 Å². The number of rotatable bonds is 7. The van der Waals surface area contributed by atoms with E-state index in [9.17, 15) is 13.2 Å². The first-order chi connectivity index (χ1) is 16.3. The summed E-state index contributed by atoms with van der Waals surface area (Å²) >= 11 is 8.99. The number of carbonyl (C=O) groups excluding carboxylic acids is 1. The number of thiophene rings is 2. The van der Waals surface area contributed by atoms with E-state index in [0.717, 1.165) is 21.2 Å². The Morgan fingerprint density at radius 2 is 1.91 bits per heavy atom. The van der Waals surface area contributed by atoms with Crippen molar-refractivity contribution in [2.45, 2.75) is 36.7 Å². The summed E-state index contributed by atoms with van der Waals surface area (Å²) in [6, 6.07) is 16.1. The Kier molecular flexibility index (Phi) is 6.52. The van der Waals surface area contributed by atoms with Crippen molar-refractivity contribution in [2.24, 2.45) is 0 Å². The van der Waals surface area contributed by atoms with Crippen LogP contribution in [0.1, 0.15) is 23.1 Å². The monoisotopic (exact) mass is 530 g/mol. The van der Waals surface area contributed by atoms with Gasteiger partial charge < -0.3 is 4.90 Å². The van der Waals surface area contributed by atoms with E-state index in [2.05, 4.69) is 0 Å². The van der Waals surface area contributed by atoms with Crippen LogP contribution >= 0.6 is 34.3 Å². The Labute approximate surface area is 212 Å². The molecule has 0 radical (unpaired) electrons. The minimum absolute atomic E-state index is 0.139. The van der Waals surface area contributed by atoms with Crippen molar-refractivity contribution in [3.8, 4) is 0 Å². The molecule has 1 aliphatic heterocycles. The van der Waals surface area contributed by atoms with Crippen molar-refractivity contribution < 1.29 is 13.2 Å². The third-order valence-electron chi connectivity index (χ3n) is 6.15. The van der Waals surface area contributed by atoms with Gasteiger partial charge in [0.15, 0.2) is 0 Å². The Balaban J connectivity index is 1.54. The van der Waals surface area contributed by atoms with Gasteiger partial charge in [0.1, 0.15) is 10.3 Å². The smallest absolute Gasteiger partial charge is 0.253 e. The topological polar surface area (TPSA) is 57.7 Å². The molecular formula is C25H23ClN2O3S3. The molecule has 0 unspecified atom stereocenters. The van der Waals surface area contributed by atoms with Crippen LogP contribution in [-0.4, -0.2) is 36.1 Å². The second-order valence-electron chi connectivity index (χ2n) is 8.39. The summed E-state index contributed by atoms with van der Waals surface area (Å²) in [6.07, 6.45) is 0.463. The number of sulfonamides is 1. The zero-order valence-corrected chi connectivity index (χ0v) is 21.7. The van der Waals surface area contributed by atoms with Crippen LogP contribution in [0.25, 0.3) is 10.1 Å². The standard InChI is InChI=1S/C25H23ClN2O3S3/c1-17-21-13-20(26)7-8-23(21)33-25(17)34(30,31)28(15-18-5-3-2-4-6-18)22-9-11-27(24(22)29)14-19-10-12-32-16-19/h2-8,10,12-13,16,22H,9,11,14-15H2,1H3/t22-/m0/s1. The van der Waals surface area contributed by atoms with Gasteiger partial charge in [0.05, 0.1) is 0 Å². The van der Waals surface area contributed by atoms with E-state index in [4.69, 9.17) is 11.6 Å². The van der Waals surface area contributed by atoms with Crippen molar-refractivity contribution in [1.29, 1.82) is 0 Å². The van der Waals surface area contributed by atoms with Crippen LogP contribution in [0.4, 0.5) is 0 Å². The molecule has 1 amide bonds. The summed E-state index contributed by atoms with van der Waals surface area (Å²) in [7, 11) is -3.94. The number of hydrogen-bond donors (Lipinski definition) is 0. The van der Waals surface area contributed by atoms with Crippen LogP contribution in [0.5, 0.6) is 0 Å². The van der Waals surface area contributed by atoms with E-state index in [1.165, 1.54) is 15.6 Å². The fourth-order valence-corrected chi connectivity index (χ4v) is 8.69. The maximum absolute atomic E-state index is 14.1. The molecule has 2 aromatic heterocycles. The normalized spacial score (nSPS) is 16.7. The van der Waals surface area contributed by atoms with Gasteiger partial charge in [-0.2, -0.15) is 15.6 Å². The number of carbonyl (C=O) groups is 1. The molecule has 2 aromatic carbocycles. The van der Waals surface area contributed by atoms with Gasteiger partial charge in [-0.25, -0.2) is 8.42 Å². The molecule has 34 heavy (non-hydrogen) atoms. The van der Waals surface area contributed by atoms with Crippen LogP contribution < -0.4 is 0 Å². The molecule has 0 aliphatic carbocycles. The van der Waals surface area contributed by atoms with Gasteiger partial charge in [0.2, 0.25) is 5.91 Å². The lowest BCUT2D eigenvalue weighted by Gasteiger charge is -2.27. The lowest BCUT2D eigenvalue weighted by molar-refractivity contribution is -0.131. The second kappa shape index (κ2) is 9.43. The van der Waals surface area contributed by atoms with Crippen molar-refractivity contribution in [2.75, 3.05) is 6.54 Å². The average Bonchev–Trinajstić information content (AvgIpc) is 3.54. The van der Waals surface area contributed by atoms with E-state index in [-0.39, 0.29) is 16.7 Å². The highest BCUT2D eigenvalue weighted by atomic mass is 35.5. The molecular weight excluding hydrogens is 508 g/mol. The lowest BCUT2D eigenvalue weighted by Crippen LogP contribution is -2.44. The molecule has 0 saturated carbocycles. The third-order valence-corrected chi connectivity index (χ3v) is 10.8. The predicted molar refractivity (Wildman–Crippen MR) is 139 cm³/mol. The molecule has 0 bridgehead atoms. The molecule has 0 spiro atoms. The molecule has 176 valence electrons. The van der Waals surface area contributed by atoms with Crippen LogP contribution in [0.15, 0.2) is 69.6 Å². The van der Waals surface area contributed by atoms with E-state index in [0.29, 0.717) is 30.1 Å². The molecule has 1 fully saturated rings. The number of halogens is 1. The predicted octanol–water partition coefficient (Wildman–Crippen LogP) is 5.92. The van der Waals surface area contributed by atoms with Gasteiger partial charge in [0, 0.05) is 29.4 Å². The quantitative estimate of drug-likeness (QED) is 0.298. The van der Waals surface area contributed by atoms with Gasteiger partial charge in [-0.1, -0.05) is 41.9 Å². The fourth-order valence-electron chi connectivity index (χ4n) is 4.40. The van der Waals surface area contributed by atoms with Gasteiger partial charge in [0.25, 0.3) is 10.0 Å². The molecule has 1 atom stereocenters. The summed E-state index contributed by atoms with van der Waals surface area (Å²) in [5, 5.41) is 5.39. The highest BCUT2D eigenvalue weighted by Crippen LogP contribution is 2.39. The number of fused-ring (bicyclic) bond motifs is 1. The highest BCUT2D eigenvalue weighted by molar-refractivity contribution is 7.91. The van der Waals surface area contributed by atoms with Gasteiger partial charge in [-0.05, 0) is 70.4 Å². The number of likely N-dealkylation sites (tertiary alicyclic amines) is 1. The number of amides is 1. The van der Waals surface area contributed by atoms with Crippen molar-refractivity contribution in [1.82, 2.24) is 9.21 Å². The highest BCUT2D eigenvalue weighted by Gasteiger charge is 2.43. The average molecular weight is 531 g/mol. The van der Waals surface area contributed by atoms with E-state index in [1.54, 1.807) is 28.4 Å². The summed E-state index contributed by atoms with van der Waals surface area (Å²) in [5.41, 5.74) is 2.58. The Bertz CT molecular complexity index is 1430. The first-order valence-corrected chi connectivity index (χ1v) is 14.5. The largest absolute Gasteiger partial charge is 0.337 e. The number of aryl methyl sites for hydroxylation is 1. The zero-order chi connectivity index (χ0) is 23.9. The van der Waals surface area contributed by atoms with Crippen molar-refractivity contribution >= 4 is 60.3 Å². The minimum atomic E-state index is -3.94. The maximum atomic E-state index is 14.1. The fraction of sp³-hybridized carbons (Fsp3) is 0.240. The second-order valence-corrected chi connectivity index (χ2v) is 12.7. The molecule has 5 rings (SSSR count). The first-order valence-electron chi connectivity index (χ1n) is 10.9. The molecule has 0 N–H and O–H groups in total. The SMILES string of the molecule is Cc1c(S(=O)(=O)N(Cc2ccccc2)[C@H]2CCN(Cc3ccsc3)C2=O)sc2ccc(Cl)cc12. The van der Waals surface area contributed by atoms with E-state index in [1.807, 2.05) is 60.1 Å². The Hall–Kier alpha value is -2.23.